The summed E-state index contributed by atoms with van der Waals surface area (Å²) in [5.41, 5.74) is -0.574. The fourth-order valence-electron chi connectivity index (χ4n) is 1.56. The number of hydrogen-bond acceptors (Lipinski definition) is 3. The number of hydrogen-bond donors (Lipinski definition) is 1. The van der Waals surface area contributed by atoms with Gasteiger partial charge in [0.15, 0.2) is 0 Å². The Morgan fingerprint density at radius 3 is 3.00 bits per heavy atom. The average molecular weight is 154 g/mol. The zero-order valence-corrected chi connectivity index (χ0v) is 6.88. The third-order valence-corrected chi connectivity index (χ3v) is 2.05. The van der Waals surface area contributed by atoms with Gasteiger partial charge >= 0.3 is 0 Å². The standard InChI is InChI=1S/C8H14N2O/c1-8(11)3-2-5-10(7-8)6-4-9/h11H,2-3,5-7H2,1H3. The lowest BCUT2D eigenvalue weighted by atomic mass is 9.95. The van der Waals surface area contributed by atoms with E-state index >= 15 is 0 Å². The van der Waals surface area contributed by atoms with Crippen molar-refractivity contribution in [3.8, 4) is 6.07 Å². The monoisotopic (exact) mass is 154 g/mol. The molecule has 0 amide bonds. The predicted octanol–water partition coefficient (Wildman–Crippen LogP) is 0.357. The van der Waals surface area contributed by atoms with Crippen LogP contribution in [0.15, 0.2) is 0 Å². The molecule has 11 heavy (non-hydrogen) atoms. The highest BCUT2D eigenvalue weighted by Gasteiger charge is 2.27. The minimum Gasteiger partial charge on any atom is -0.389 e. The molecule has 0 radical (unpaired) electrons. The Kier molecular flexibility index (Phi) is 2.48. The lowest BCUT2D eigenvalue weighted by Gasteiger charge is -2.35. The summed E-state index contributed by atoms with van der Waals surface area (Å²) < 4.78 is 0. The van der Waals surface area contributed by atoms with Crippen molar-refractivity contribution in [2.45, 2.75) is 25.4 Å². The number of nitriles is 1. The summed E-state index contributed by atoms with van der Waals surface area (Å²) in [4.78, 5) is 1.99. The van der Waals surface area contributed by atoms with E-state index in [1.54, 1.807) is 0 Å². The second kappa shape index (κ2) is 3.21. The summed E-state index contributed by atoms with van der Waals surface area (Å²) >= 11 is 0. The maximum atomic E-state index is 9.62. The summed E-state index contributed by atoms with van der Waals surface area (Å²) in [6.07, 6.45) is 1.85. The van der Waals surface area contributed by atoms with Gasteiger partial charge in [0.25, 0.3) is 0 Å². The Balaban J connectivity index is 2.41. The molecule has 62 valence electrons. The smallest absolute Gasteiger partial charge is 0.0866 e. The van der Waals surface area contributed by atoms with E-state index in [9.17, 15) is 5.11 Å². The fourth-order valence-corrected chi connectivity index (χ4v) is 1.56. The molecule has 1 atom stereocenters. The summed E-state index contributed by atoms with van der Waals surface area (Å²) in [7, 11) is 0. The van der Waals surface area contributed by atoms with Crippen LogP contribution in [-0.4, -0.2) is 35.2 Å². The van der Waals surface area contributed by atoms with E-state index in [1.807, 2.05) is 11.8 Å². The molecule has 1 rings (SSSR count). The van der Waals surface area contributed by atoms with Gasteiger partial charge in [0.05, 0.1) is 18.2 Å². The third-order valence-electron chi connectivity index (χ3n) is 2.05. The molecule has 1 aliphatic heterocycles. The molecule has 1 unspecified atom stereocenters. The van der Waals surface area contributed by atoms with Crippen molar-refractivity contribution in [2.24, 2.45) is 0 Å². The third kappa shape index (κ3) is 2.49. The van der Waals surface area contributed by atoms with E-state index in [4.69, 9.17) is 5.26 Å². The largest absolute Gasteiger partial charge is 0.389 e. The first-order chi connectivity index (χ1) is 5.14. The lowest BCUT2D eigenvalue weighted by Crippen LogP contribution is -2.46. The highest BCUT2D eigenvalue weighted by Crippen LogP contribution is 2.19. The molecule has 0 saturated carbocycles. The minimum atomic E-state index is -0.574. The Morgan fingerprint density at radius 1 is 1.73 bits per heavy atom. The van der Waals surface area contributed by atoms with E-state index in [-0.39, 0.29) is 0 Å². The Labute approximate surface area is 67.2 Å². The maximum absolute atomic E-state index is 9.62. The van der Waals surface area contributed by atoms with Gasteiger partial charge < -0.3 is 5.11 Å². The molecule has 3 nitrogen and oxygen atoms in total. The molecule has 0 spiro atoms. The van der Waals surface area contributed by atoms with Gasteiger partial charge in [-0.05, 0) is 26.3 Å². The van der Waals surface area contributed by atoms with Crippen LogP contribution in [0.1, 0.15) is 19.8 Å². The van der Waals surface area contributed by atoms with Crippen molar-refractivity contribution in [2.75, 3.05) is 19.6 Å². The number of aliphatic hydroxyl groups is 1. The molecule has 0 aromatic rings. The molecule has 1 N–H and O–H groups in total. The molecular formula is C8H14N2O. The zero-order valence-electron chi connectivity index (χ0n) is 6.88. The highest BCUT2D eigenvalue weighted by molar-refractivity contribution is 4.87. The molecule has 1 saturated heterocycles. The second-order valence-electron chi connectivity index (χ2n) is 3.47. The van der Waals surface area contributed by atoms with Gasteiger partial charge in [0.1, 0.15) is 0 Å². The number of rotatable bonds is 1. The van der Waals surface area contributed by atoms with Crippen LogP contribution in [0.3, 0.4) is 0 Å². The Bertz CT molecular complexity index is 171. The number of nitrogens with zero attached hydrogens (tertiary/aromatic N) is 2. The first-order valence-corrected chi connectivity index (χ1v) is 3.96. The molecule has 1 fully saturated rings. The minimum absolute atomic E-state index is 0.441. The van der Waals surface area contributed by atoms with Gasteiger partial charge in [0, 0.05) is 6.54 Å². The first-order valence-electron chi connectivity index (χ1n) is 3.96. The first kappa shape index (κ1) is 8.51. The van der Waals surface area contributed by atoms with Crippen molar-refractivity contribution >= 4 is 0 Å². The fraction of sp³-hybridized carbons (Fsp3) is 0.875. The van der Waals surface area contributed by atoms with Gasteiger partial charge in [-0.2, -0.15) is 5.26 Å². The highest BCUT2D eigenvalue weighted by atomic mass is 16.3. The molecule has 0 aromatic carbocycles. The van der Waals surface area contributed by atoms with Gasteiger partial charge in [-0.25, -0.2) is 0 Å². The summed E-state index contributed by atoms with van der Waals surface area (Å²) in [6, 6.07) is 2.09. The SMILES string of the molecule is CC1(O)CCCN(CC#N)C1. The zero-order chi connectivity index (χ0) is 8.32. The van der Waals surface area contributed by atoms with Gasteiger partial charge in [-0.1, -0.05) is 0 Å². The van der Waals surface area contributed by atoms with Crippen LogP contribution in [0.25, 0.3) is 0 Å². The van der Waals surface area contributed by atoms with Crippen molar-refractivity contribution in [3.05, 3.63) is 0 Å². The van der Waals surface area contributed by atoms with Crippen molar-refractivity contribution in [3.63, 3.8) is 0 Å². The summed E-state index contributed by atoms with van der Waals surface area (Å²) in [5, 5.41) is 18.0. The van der Waals surface area contributed by atoms with Gasteiger partial charge in [0.2, 0.25) is 0 Å². The Hall–Kier alpha value is -0.590. The van der Waals surface area contributed by atoms with Crippen molar-refractivity contribution in [1.82, 2.24) is 4.90 Å². The van der Waals surface area contributed by atoms with Gasteiger partial charge in [-0.3, -0.25) is 4.90 Å². The Morgan fingerprint density at radius 2 is 2.45 bits per heavy atom. The van der Waals surface area contributed by atoms with Crippen LogP contribution in [0, 0.1) is 11.3 Å². The van der Waals surface area contributed by atoms with Crippen molar-refractivity contribution < 1.29 is 5.11 Å². The second-order valence-corrected chi connectivity index (χ2v) is 3.47. The topological polar surface area (TPSA) is 47.3 Å². The maximum Gasteiger partial charge on any atom is 0.0866 e. The van der Waals surface area contributed by atoms with Crippen LogP contribution in [-0.2, 0) is 0 Å². The van der Waals surface area contributed by atoms with E-state index < -0.39 is 5.60 Å². The van der Waals surface area contributed by atoms with Crippen LogP contribution >= 0.6 is 0 Å². The quantitative estimate of drug-likeness (QED) is 0.555. The van der Waals surface area contributed by atoms with E-state index in [2.05, 4.69) is 6.07 Å². The number of β-amino-alcohol motifs (C(OH)–C–C–N with tert-alkyl or cyclic N) is 1. The van der Waals surface area contributed by atoms with E-state index in [1.165, 1.54) is 0 Å². The molecule has 1 heterocycles. The summed E-state index contributed by atoms with van der Waals surface area (Å²) in [5.74, 6) is 0. The molecule has 0 aromatic heterocycles. The van der Waals surface area contributed by atoms with Gasteiger partial charge in [-0.15, -0.1) is 0 Å². The van der Waals surface area contributed by atoms with Crippen molar-refractivity contribution in [1.29, 1.82) is 5.26 Å². The number of likely N-dealkylation sites (tertiary alicyclic amines) is 1. The van der Waals surface area contributed by atoms with E-state index in [0.717, 1.165) is 19.4 Å². The van der Waals surface area contributed by atoms with Crippen LogP contribution < -0.4 is 0 Å². The molecule has 1 aliphatic rings. The predicted molar refractivity (Wildman–Crippen MR) is 41.9 cm³/mol. The summed E-state index contributed by atoms with van der Waals surface area (Å²) in [6.45, 7) is 3.86. The molecule has 0 bridgehead atoms. The number of piperidine rings is 1. The average Bonchev–Trinajstić information content (AvgIpc) is 1.85. The van der Waals surface area contributed by atoms with E-state index in [0.29, 0.717) is 13.1 Å². The molecular weight excluding hydrogens is 140 g/mol. The van der Waals surface area contributed by atoms with Crippen LogP contribution in [0.4, 0.5) is 0 Å². The normalized spacial score (nSPS) is 33.2. The van der Waals surface area contributed by atoms with Crippen LogP contribution in [0.5, 0.6) is 0 Å². The lowest BCUT2D eigenvalue weighted by molar-refractivity contribution is -0.0111. The molecule has 0 aliphatic carbocycles. The van der Waals surface area contributed by atoms with Crippen LogP contribution in [0.2, 0.25) is 0 Å². The molecule has 3 heteroatoms.